The monoisotopic (exact) mass is 432 g/mol. The molecule has 0 aliphatic rings. The van der Waals surface area contributed by atoms with Crippen LogP contribution >= 0.6 is 12.2 Å². The highest BCUT2D eigenvalue weighted by Gasteiger charge is 2.12. The van der Waals surface area contributed by atoms with E-state index in [1.54, 1.807) is 24.3 Å². The summed E-state index contributed by atoms with van der Waals surface area (Å²) in [6, 6.07) is 19.7. The quantitative estimate of drug-likeness (QED) is 0.351. The second-order valence-corrected chi connectivity index (χ2v) is 7.34. The zero-order chi connectivity index (χ0) is 22.0. The van der Waals surface area contributed by atoms with Crippen LogP contribution in [-0.4, -0.2) is 11.0 Å². The summed E-state index contributed by atoms with van der Waals surface area (Å²) in [6.45, 7) is 1.87. The van der Waals surface area contributed by atoms with Crippen molar-refractivity contribution in [2.45, 2.75) is 6.92 Å². The van der Waals surface area contributed by atoms with Crippen LogP contribution in [0.15, 0.2) is 82.0 Å². The molecule has 0 unspecified atom stereocenters. The van der Waals surface area contributed by atoms with Crippen molar-refractivity contribution >= 4 is 39.9 Å². The van der Waals surface area contributed by atoms with Crippen molar-refractivity contribution in [3.8, 4) is 11.1 Å². The Morgan fingerprint density at radius 1 is 1.00 bits per heavy atom. The van der Waals surface area contributed by atoms with Gasteiger partial charge in [0, 0.05) is 16.6 Å². The molecule has 1 amide bonds. The van der Waals surface area contributed by atoms with Crippen LogP contribution < -0.4 is 16.3 Å². The maximum Gasteiger partial charge on any atom is 0.344 e. The molecule has 4 aromatic rings. The molecule has 0 aliphatic carbocycles. The lowest BCUT2D eigenvalue weighted by atomic mass is 10.0. The Bertz CT molecular complexity index is 1360. The Morgan fingerprint density at radius 3 is 2.52 bits per heavy atom. The summed E-state index contributed by atoms with van der Waals surface area (Å²) in [5.41, 5.74) is 2.93. The SMILES string of the molecule is Cc1ccc(-c2cc3ccccc3oc2=O)cc1NC(=S)NC(=O)c1ccc(F)cc1. The van der Waals surface area contributed by atoms with Gasteiger partial charge < -0.3 is 9.73 Å². The van der Waals surface area contributed by atoms with E-state index in [1.165, 1.54) is 24.3 Å². The average Bonchev–Trinajstić information content (AvgIpc) is 2.75. The highest BCUT2D eigenvalue weighted by molar-refractivity contribution is 7.80. The Balaban J connectivity index is 1.57. The van der Waals surface area contributed by atoms with Crippen LogP contribution in [0.2, 0.25) is 0 Å². The summed E-state index contributed by atoms with van der Waals surface area (Å²) in [7, 11) is 0. The minimum absolute atomic E-state index is 0.0834. The van der Waals surface area contributed by atoms with E-state index in [9.17, 15) is 14.0 Å². The van der Waals surface area contributed by atoms with Gasteiger partial charge in [-0.1, -0.05) is 30.3 Å². The number of halogens is 1. The van der Waals surface area contributed by atoms with Crippen molar-refractivity contribution in [2.75, 3.05) is 5.32 Å². The van der Waals surface area contributed by atoms with Crippen molar-refractivity contribution in [2.24, 2.45) is 0 Å². The van der Waals surface area contributed by atoms with Crippen LogP contribution in [0.1, 0.15) is 15.9 Å². The van der Waals surface area contributed by atoms with Gasteiger partial charge in [-0.05, 0) is 72.7 Å². The Labute approximate surface area is 182 Å². The molecule has 3 aromatic carbocycles. The van der Waals surface area contributed by atoms with Crippen molar-refractivity contribution in [1.82, 2.24) is 5.32 Å². The van der Waals surface area contributed by atoms with E-state index in [4.69, 9.17) is 16.6 Å². The highest BCUT2D eigenvalue weighted by atomic mass is 32.1. The molecule has 0 atom stereocenters. The molecule has 2 N–H and O–H groups in total. The van der Waals surface area contributed by atoms with Crippen molar-refractivity contribution in [1.29, 1.82) is 0 Å². The molecule has 1 aromatic heterocycles. The van der Waals surface area contributed by atoms with E-state index < -0.39 is 17.3 Å². The lowest BCUT2D eigenvalue weighted by molar-refractivity contribution is 0.0977. The first-order chi connectivity index (χ1) is 14.9. The maximum atomic E-state index is 13.0. The molecule has 154 valence electrons. The number of carbonyl (C=O) groups excluding carboxylic acids is 1. The van der Waals surface area contributed by atoms with Crippen LogP contribution in [-0.2, 0) is 0 Å². The lowest BCUT2D eigenvalue weighted by Crippen LogP contribution is -2.34. The van der Waals surface area contributed by atoms with Gasteiger partial charge in [0.2, 0.25) is 0 Å². The number of nitrogens with one attached hydrogen (secondary N) is 2. The number of thiocarbonyl (C=S) groups is 1. The van der Waals surface area contributed by atoms with Gasteiger partial charge in [0.1, 0.15) is 11.4 Å². The molecule has 5 nitrogen and oxygen atoms in total. The summed E-state index contributed by atoms with van der Waals surface area (Å²) >= 11 is 5.25. The van der Waals surface area contributed by atoms with Gasteiger partial charge in [0.25, 0.3) is 5.91 Å². The standard InChI is InChI=1S/C24H17FN2O3S/c1-14-6-7-16(19-12-17-4-2-3-5-21(17)30-23(19)29)13-20(14)26-24(31)27-22(28)15-8-10-18(25)11-9-15/h2-13H,1H3,(H2,26,27,28,31). The minimum atomic E-state index is -0.457. The zero-order valence-corrected chi connectivity index (χ0v) is 17.3. The van der Waals surface area contributed by atoms with Crippen LogP contribution in [0.3, 0.4) is 0 Å². The van der Waals surface area contributed by atoms with Gasteiger partial charge in [-0.3, -0.25) is 10.1 Å². The van der Waals surface area contributed by atoms with Gasteiger partial charge in [0.15, 0.2) is 5.11 Å². The fourth-order valence-corrected chi connectivity index (χ4v) is 3.32. The summed E-state index contributed by atoms with van der Waals surface area (Å²) in [5.74, 6) is -0.885. The second-order valence-electron chi connectivity index (χ2n) is 6.93. The third kappa shape index (κ3) is 4.51. The van der Waals surface area contributed by atoms with Crippen LogP contribution in [0.25, 0.3) is 22.1 Å². The molecule has 0 saturated carbocycles. The smallest absolute Gasteiger partial charge is 0.344 e. The van der Waals surface area contributed by atoms with Crippen molar-refractivity contribution in [3.63, 3.8) is 0 Å². The number of aryl methyl sites for hydroxylation is 1. The molecule has 1 heterocycles. The maximum absolute atomic E-state index is 13.0. The molecule has 31 heavy (non-hydrogen) atoms. The normalized spacial score (nSPS) is 10.6. The first-order valence-electron chi connectivity index (χ1n) is 9.42. The molecule has 0 radical (unpaired) electrons. The molecular weight excluding hydrogens is 415 g/mol. The van der Waals surface area contributed by atoms with E-state index in [0.29, 0.717) is 22.4 Å². The summed E-state index contributed by atoms with van der Waals surface area (Å²) < 4.78 is 18.5. The van der Waals surface area contributed by atoms with Gasteiger partial charge >= 0.3 is 5.63 Å². The van der Waals surface area contributed by atoms with Crippen LogP contribution in [0, 0.1) is 12.7 Å². The van der Waals surface area contributed by atoms with E-state index in [1.807, 2.05) is 31.2 Å². The molecule has 0 bridgehead atoms. The molecule has 0 saturated heterocycles. The van der Waals surface area contributed by atoms with Crippen LogP contribution in [0.5, 0.6) is 0 Å². The fourth-order valence-electron chi connectivity index (χ4n) is 3.12. The van der Waals surface area contributed by atoms with Gasteiger partial charge in [-0.25, -0.2) is 9.18 Å². The third-order valence-electron chi connectivity index (χ3n) is 4.77. The van der Waals surface area contributed by atoms with E-state index >= 15 is 0 Å². The Morgan fingerprint density at radius 2 is 1.74 bits per heavy atom. The second kappa shape index (κ2) is 8.49. The molecule has 0 fully saturated rings. The number of hydrogen-bond donors (Lipinski definition) is 2. The predicted octanol–water partition coefficient (Wildman–Crippen LogP) is 5.03. The number of para-hydroxylation sites is 1. The number of carbonyl (C=O) groups is 1. The fraction of sp³-hybridized carbons (Fsp3) is 0.0417. The van der Waals surface area contributed by atoms with Gasteiger partial charge in [-0.15, -0.1) is 0 Å². The number of fused-ring (bicyclic) bond motifs is 1. The highest BCUT2D eigenvalue weighted by Crippen LogP contribution is 2.26. The lowest BCUT2D eigenvalue weighted by Gasteiger charge is -2.13. The summed E-state index contributed by atoms with van der Waals surface area (Å²) in [5, 5.41) is 6.44. The van der Waals surface area contributed by atoms with Gasteiger partial charge in [-0.2, -0.15) is 0 Å². The van der Waals surface area contributed by atoms with Gasteiger partial charge in [0.05, 0.1) is 5.56 Å². The number of hydrogen-bond acceptors (Lipinski definition) is 4. The summed E-state index contributed by atoms with van der Waals surface area (Å²) in [6.07, 6.45) is 0. The van der Waals surface area contributed by atoms with E-state index in [0.717, 1.165) is 10.9 Å². The van der Waals surface area contributed by atoms with Crippen LogP contribution in [0.4, 0.5) is 10.1 Å². The van der Waals surface area contributed by atoms with Crippen molar-refractivity contribution < 1.29 is 13.6 Å². The molecule has 4 rings (SSSR count). The average molecular weight is 432 g/mol. The predicted molar refractivity (Wildman–Crippen MR) is 123 cm³/mol. The topological polar surface area (TPSA) is 71.3 Å². The molecule has 7 heteroatoms. The summed E-state index contributed by atoms with van der Waals surface area (Å²) in [4.78, 5) is 24.8. The number of benzene rings is 3. The van der Waals surface area contributed by atoms with E-state index in [2.05, 4.69) is 10.6 Å². The van der Waals surface area contributed by atoms with E-state index in [-0.39, 0.29) is 10.7 Å². The largest absolute Gasteiger partial charge is 0.422 e. The number of amides is 1. The Kier molecular flexibility index (Phi) is 5.60. The first-order valence-corrected chi connectivity index (χ1v) is 9.83. The third-order valence-corrected chi connectivity index (χ3v) is 4.98. The number of anilines is 1. The zero-order valence-electron chi connectivity index (χ0n) is 16.4. The molecule has 0 aliphatic heterocycles. The first kappa shape index (κ1) is 20.4. The minimum Gasteiger partial charge on any atom is -0.422 e. The Hall–Kier alpha value is -3.84. The number of rotatable bonds is 3. The molecular formula is C24H17FN2O3S. The molecule has 0 spiro atoms. The van der Waals surface area contributed by atoms with Crippen molar-refractivity contribution in [3.05, 3.63) is 100 Å².